The van der Waals surface area contributed by atoms with Gasteiger partial charge in [0, 0.05) is 0 Å². The number of hydrogen-bond acceptors (Lipinski definition) is 5. The van der Waals surface area contributed by atoms with Gasteiger partial charge in [-0.05, 0) is 6.92 Å². The largest absolute Gasteiger partial charge is 0.573 e. The molecule has 0 bridgehead atoms. The first-order chi connectivity index (χ1) is 8.11. The van der Waals surface area contributed by atoms with E-state index in [1.807, 2.05) is 0 Å². The molecule has 0 saturated carbocycles. The van der Waals surface area contributed by atoms with Crippen LogP contribution in [0, 0.1) is 17.0 Å². The minimum absolute atomic E-state index is 0.327. The number of pyridine rings is 1. The predicted molar refractivity (Wildman–Crippen MR) is 49.3 cm³/mol. The Hall–Kier alpha value is -2.39. The zero-order valence-corrected chi connectivity index (χ0v) is 8.69. The second-order valence-electron chi connectivity index (χ2n) is 3.05. The molecule has 98 valence electrons. The summed E-state index contributed by atoms with van der Waals surface area (Å²) in [4.78, 5) is 23.4. The topological polar surface area (TPSA) is 103 Å². The van der Waals surface area contributed by atoms with Crippen molar-refractivity contribution in [1.29, 1.82) is 0 Å². The summed E-state index contributed by atoms with van der Waals surface area (Å²) in [6.45, 7) is 1.10. The van der Waals surface area contributed by atoms with Crippen molar-refractivity contribution >= 4 is 11.7 Å². The molecule has 0 aromatic carbocycles. The van der Waals surface area contributed by atoms with Crippen LogP contribution in [0.15, 0.2) is 6.07 Å². The zero-order chi connectivity index (χ0) is 14.1. The van der Waals surface area contributed by atoms with Gasteiger partial charge in [-0.3, -0.25) is 10.1 Å². The maximum Gasteiger partial charge on any atom is 0.573 e. The molecule has 0 atom stereocenters. The number of rotatable bonds is 3. The summed E-state index contributed by atoms with van der Waals surface area (Å²) < 4.78 is 39.4. The van der Waals surface area contributed by atoms with E-state index in [0.29, 0.717) is 6.07 Å². The van der Waals surface area contributed by atoms with Crippen LogP contribution in [-0.2, 0) is 0 Å². The van der Waals surface area contributed by atoms with Crippen LogP contribution in [0.4, 0.5) is 18.9 Å². The third-order valence-corrected chi connectivity index (χ3v) is 1.78. The fraction of sp³-hybridized carbons (Fsp3) is 0.250. The molecule has 0 saturated heterocycles. The van der Waals surface area contributed by atoms with Crippen molar-refractivity contribution in [2.24, 2.45) is 0 Å². The predicted octanol–water partition coefficient (Wildman–Crippen LogP) is 1.90. The monoisotopic (exact) mass is 266 g/mol. The molecular weight excluding hydrogens is 261 g/mol. The van der Waals surface area contributed by atoms with Gasteiger partial charge >= 0.3 is 12.3 Å². The van der Waals surface area contributed by atoms with Crippen molar-refractivity contribution in [3.8, 4) is 5.75 Å². The van der Waals surface area contributed by atoms with E-state index in [4.69, 9.17) is 5.11 Å². The lowest BCUT2D eigenvalue weighted by atomic mass is 10.2. The average Bonchev–Trinajstić information content (AvgIpc) is 2.17. The number of aromatic carboxylic acids is 1. The molecule has 0 radical (unpaired) electrons. The minimum atomic E-state index is -5.17. The molecule has 0 aliphatic carbocycles. The molecule has 0 unspecified atom stereocenters. The number of alkyl halides is 3. The molecule has 0 aliphatic heterocycles. The molecule has 0 fully saturated rings. The summed E-state index contributed by atoms with van der Waals surface area (Å²) >= 11 is 0. The Kier molecular flexibility index (Phi) is 3.39. The normalized spacial score (nSPS) is 11.1. The van der Waals surface area contributed by atoms with Crippen molar-refractivity contribution in [2.75, 3.05) is 0 Å². The van der Waals surface area contributed by atoms with E-state index in [2.05, 4.69) is 9.72 Å². The van der Waals surface area contributed by atoms with E-state index in [-0.39, 0.29) is 5.69 Å². The van der Waals surface area contributed by atoms with Crippen LogP contribution in [0.1, 0.15) is 16.2 Å². The molecule has 1 aromatic rings. The van der Waals surface area contributed by atoms with E-state index in [9.17, 15) is 28.1 Å². The van der Waals surface area contributed by atoms with E-state index in [1.165, 1.54) is 0 Å². The maximum absolute atomic E-state index is 12.0. The number of carboxylic acid groups (broad SMARTS) is 1. The minimum Gasteiger partial charge on any atom is -0.476 e. The SMILES string of the molecule is Cc1nc(C(=O)O)c(OC(F)(F)F)cc1[N+](=O)[O-]. The molecule has 0 spiro atoms. The highest BCUT2D eigenvalue weighted by molar-refractivity contribution is 5.89. The summed E-state index contributed by atoms with van der Waals surface area (Å²) in [5.74, 6) is -3.01. The Bertz CT molecular complexity index is 514. The van der Waals surface area contributed by atoms with Crippen molar-refractivity contribution in [2.45, 2.75) is 13.3 Å². The number of nitrogens with zero attached hydrogens (tertiary/aromatic N) is 2. The highest BCUT2D eigenvalue weighted by Gasteiger charge is 2.35. The lowest BCUT2D eigenvalue weighted by Crippen LogP contribution is -2.20. The van der Waals surface area contributed by atoms with E-state index < -0.39 is 34.4 Å². The molecule has 1 aromatic heterocycles. The van der Waals surface area contributed by atoms with Crippen molar-refractivity contribution in [3.05, 3.63) is 27.6 Å². The smallest absolute Gasteiger partial charge is 0.476 e. The number of aryl methyl sites for hydroxylation is 1. The Morgan fingerprint density at radius 3 is 2.50 bits per heavy atom. The van der Waals surface area contributed by atoms with E-state index >= 15 is 0 Å². The van der Waals surface area contributed by atoms with Crippen molar-refractivity contribution in [3.63, 3.8) is 0 Å². The van der Waals surface area contributed by atoms with Gasteiger partial charge in [-0.2, -0.15) is 0 Å². The number of ether oxygens (including phenoxy) is 1. The number of carboxylic acids is 1. The van der Waals surface area contributed by atoms with Crippen LogP contribution in [0.2, 0.25) is 0 Å². The third-order valence-electron chi connectivity index (χ3n) is 1.78. The Labute approximate surface area is 97.0 Å². The van der Waals surface area contributed by atoms with Crippen LogP contribution in [0.5, 0.6) is 5.75 Å². The van der Waals surface area contributed by atoms with E-state index in [1.54, 1.807) is 0 Å². The molecule has 10 heteroatoms. The number of halogens is 3. The lowest BCUT2D eigenvalue weighted by molar-refractivity contribution is -0.386. The summed E-state index contributed by atoms with van der Waals surface area (Å²) in [6, 6.07) is 0.374. The Morgan fingerprint density at radius 2 is 2.11 bits per heavy atom. The van der Waals surface area contributed by atoms with Crippen molar-refractivity contribution < 1.29 is 32.7 Å². The molecule has 1 heterocycles. The number of aromatic nitrogens is 1. The maximum atomic E-state index is 12.0. The van der Waals surface area contributed by atoms with Gasteiger partial charge in [-0.1, -0.05) is 0 Å². The molecule has 1 N–H and O–H groups in total. The summed E-state index contributed by atoms with van der Waals surface area (Å²) in [7, 11) is 0. The molecule has 18 heavy (non-hydrogen) atoms. The van der Waals surface area contributed by atoms with Crippen LogP contribution < -0.4 is 4.74 Å². The van der Waals surface area contributed by atoms with Gasteiger partial charge in [0.1, 0.15) is 5.69 Å². The fourth-order valence-corrected chi connectivity index (χ4v) is 1.12. The lowest BCUT2D eigenvalue weighted by Gasteiger charge is -2.11. The number of carbonyl (C=O) groups is 1. The average molecular weight is 266 g/mol. The van der Waals surface area contributed by atoms with Crippen molar-refractivity contribution in [1.82, 2.24) is 4.98 Å². The van der Waals surface area contributed by atoms with Gasteiger partial charge in [0.2, 0.25) is 0 Å². The van der Waals surface area contributed by atoms with Crippen LogP contribution in [-0.4, -0.2) is 27.3 Å². The molecule has 7 nitrogen and oxygen atoms in total. The fourth-order valence-electron chi connectivity index (χ4n) is 1.12. The van der Waals surface area contributed by atoms with Crippen LogP contribution in [0.3, 0.4) is 0 Å². The second-order valence-corrected chi connectivity index (χ2v) is 3.05. The first kappa shape index (κ1) is 13.7. The van der Waals surface area contributed by atoms with E-state index in [0.717, 1.165) is 6.92 Å². The highest BCUT2D eigenvalue weighted by atomic mass is 19.4. The first-order valence-corrected chi connectivity index (χ1v) is 4.27. The summed E-state index contributed by atoms with van der Waals surface area (Å²) in [6.07, 6.45) is -5.17. The number of hydrogen-bond donors (Lipinski definition) is 1. The van der Waals surface area contributed by atoms with Crippen LogP contribution >= 0.6 is 0 Å². The Balaban J connectivity index is 3.40. The first-order valence-electron chi connectivity index (χ1n) is 4.27. The van der Waals surface area contributed by atoms with Gasteiger partial charge in [0.25, 0.3) is 5.69 Å². The number of nitro groups is 1. The van der Waals surface area contributed by atoms with Crippen LogP contribution in [0.25, 0.3) is 0 Å². The second kappa shape index (κ2) is 4.47. The summed E-state index contributed by atoms with van der Waals surface area (Å²) in [5, 5.41) is 19.1. The van der Waals surface area contributed by atoms with Gasteiger partial charge in [-0.25, -0.2) is 9.78 Å². The van der Waals surface area contributed by atoms with Gasteiger partial charge in [0.05, 0.1) is 11.0 Å². The molecule has 0 aliphatic rings. The van der Waals surface area contributed by atoms with Gasteiger partial charge in [-0.15, -0.1) is 13.2 Å². The zero-order valence-electron chi connectivity index (χ0n) is 8.69. The third kappa shape index (κ3) is 3.06. The molecule has 0 amide bonds. The van der Waals surface area contributed by atoms with Gasteiger partial charge < -0.3 is 9.84 Å². The molecular formula is C8H5F3N2O5. The summed E-state index contributed by atoms with van der Waals surface area (Å²) in [5.41, 5.74) is -2.14. The highest BCUT2D eigenvalue weighted by Crippen LogP contribution is 2.30. The van der Waals surface area contributed by atoms with Gasteiger partial charge in [0.15, 0.2) is 11.4 Å². The Morgan fingerprint density at radius 1 is 1.56 bits per heavy atom. The quantitative estimate of drug-likeness (QED) is 0.662. The molecule has 1 rings (SSSR count). The standard InChI is InChI=1S/C8H5F3N2O5/c1-3-4(13(16)17)2-5(18-8(9,10)11)6(12-3)7(14)15/h2H,1H3,(H,14,15).